The Bertz CT molecular complexity index is 606. The Morgan fingerprint density at radius 2 is 1.92 bits per heavy atom. The molecule has 0 bridgehead atoms. The van der Waals surface area contributed by atoms with Crippen molar-refractivity contribution in [3.05, 3.63) is 52.2 Å². The molecule has 2 N–H and O–H groups in total. The number of benzene rings is 1. The average Bonchev–Trinajstić information content (AvgIpc) is 3.09. The highest BCUT2D eigenvalue weighted by Gasteiger charge is 2.01. The van der Waals surface area contributed by atoms with Crippen molar-refractivity contribution in [3.63, 3.8) is 0 Å². The lowest BCUT2D eigenvalue weighted by Crippen LogP contribution is -2.36. The van der Waals surface area contributed by atoms with E-state index < -0.39 is 0 Å². The number of nitrogens with one attached hydrogen (secondary N) is 2. The molecule has 132 valence electrons. The van der Waals surface area contributed by atoms with Crippen LogP contribution in [0.25, 0.3) is 0 Å². The number of hydrogen-bond donors (Lipinski definition) is 2. The molecule has 0 radical (unpaired) electrons. The molecule has 0 saturated heterocycles. The second-order valence-corrected chi connectivity index (χ2v) is 5.68. The van der Waals surface area contributed by atoms with Crippen LogP contribution in [0.4, 0.5) is 0 Å². The van der Waals surface area contributed by atoms with Gasteiger partial charge in [0.2, 0.25) is 0 Å². The first-order valence-corrected chi connectivity index (χ1v) is 8.42. The zero-order valence-electron chi connectivity index (χ0n) is 14.0. The van der Waals surface area contributed by atoms with E-state index in [1.54, 1.807) is 25.5 Å². The second kappa shape index (κ2) is 12.1. The van der Waals surface area contributed by atoms with Crippen molar-refractivity contribution in [1.82, 2.24) is 10.6 Å². The van der Waals surface area contributed by atoms with E-state index in [1.165, 1.54) is 5.56 Å². The molecule has 0 amide bonds. The summed E-state index contributed by atoms with van der Waals surface area (Å²) in [5.41, 5.74) is 2.39. The minimum atomic E-state index is 0. The van der Waals surface area contributed by atoms with Gasteiger partial charge in [0.05, 0.1) is 6.61 Å². The fourth-order valence-electron chi connectivity index (χ4n) is 1.97. The van der Waals surface area contributed by atoms with Crippen LogP contribution in [0.5, 0.6) is 5.75 Å². The number of ether oxygens (including phenoxy) is 2. The third-order valence-corrected chi connectivity index (χ3v) is 3.91. The van der Waals surface area contributed by atoms with Crippen molar-refractivity contribution in [2.75, 3.05) is 27.4 Å². The highest BCUT2D eigenvalue weighted by Crippen LogP contribution is 2.13. The van der Waals surface area contributed by atoms with Gasteiger partial charge in [0.15, 0.2) is 5.96 Å². The third kappa shape index (κ3) is 7.50. The maximum atomic E-state index is 5.62. The number of hydrogen-bond acceptors (Lipinski definition) is 4. The van der Waals surface area contributed by atoms with E-state index in [1.807, 2.05) is 18.2 Å². The van der Waals surface area contributed by atoms with Gasteiger partial charge in [-0.3, -0.25) is 4.99 Å². The molecule has 0 aliphatic carbocycles. The lowest BCUT2D eigenvalue weighted by atomic mass is 10.2. The average molecular weight is 461 g/mol. The first-order valence-electron chi connectivity index (χ1n) is 7.48. The summed E-state index contributed by atoms with van der Waals surface area (Å²) in [5.74, 6) is 1.63. The Hall–Kier alpha value is -1.32. The summed E-state index contributed by atoms with van der Waals surface area (Å²) < 4.78 is 10.6. The molecule has 0 aliphatic rings. The molecule has 5 nitrogen and oxygen atoms in total. The number of methoxy groups -OCH3 is 1. The molecule has 1 heterocycles. The molecule has 7 heteroatoms. The lowest BCUT2D eigenvalue weighted by Gasteiger charge is -2.12. The maximum absolute atomic E-state index is 5.62. The van der Waals surface area contributed by atoms with E-state index in [-0.39, 0.29) is 24.0 Å². The zero-order chi connectivity index (χ0) is 16.3. The van der Waals surface area contributed by atoms with E-state index in [9.17, 15) is 0 Å². The normalized spacial score (nSPS) is 10.8. The summed E-state index contributed by atoms with van der Waals surface area (Å²) in [4.78, 5) is 4.24. The Morgan fingerprint density at radius 3 is 2.58 bits per heavy atom. The van der Waals surface area contributed by atoms with Gasteiger partial charge in [0.25, 0.3) is 0 Å². The van der Waals surface area contributed by atoms with Gasteiger partial charge in [-0.15, -0.1) is 24.0 Å². The third-order valence-electron chi connectivity index (χ3n) is 3.18. The van der Waals surface area contributed by atoms with Gasteiger partial charge < -0.3 is 20.1 Å². The first kappa shape index (κ1) is 20.7. The summed E-state index contributed by atoms with van der Waals surface area (Å²) in [7, 11) is 3.44. The summed E-state index contributed by atoms with van der Waals surface area (Å²) in [6, 6.07) is 10.1. The molecule has 2 aromatic rings. The second-order valence-electron chi connectivity index (χ2n) is 4.90. The van der Waals surface area contributed by atoms with Crippen LogP contribution in [-0.4, -0.2) is 33.3 Å². The molecule has 1 aromatic heterocycles. The Morgan fingerprint density at radius 1 is 1.12 bits per heavy atom. The molecule has 0 spiro atoms. The highest BCUT2D eigenvalue weighted by molar-refractivity contribution is 14.0. The van der Waals surface area contributed by atoms with Crippen molar-refractivity contribution >= 4 is 41.3 Å². The van der Waals surface area contributed by atoms with E-state index in [0.29, 0.717) is 19.8 Å². The summed E-state index contributed by atoms with van der Waals surface area (Å²) in [5, 5.41) is 10.8. The van der Waals surface area contributed by atoms with E-state index in [2.05, 4.69) is 38.5 Å². The molecule has 0 aliphatic heterocycles. The topological polar surface area (TPSA) is 54.9 Å². The van der Waals surface area contributed by atoms with Crippen LogP contribution in [0.1, 0.15) is 11.1 Å². The first-order chi connectivity index (χ1) is 11.3. The van der Waals surface area contributed by atoms with Gasteiger partial charge in [-0.05, 0) is 40.1 Å². The van der Waals surface area contributed by atoms with Crippen LogP contribution in [0.2, 0.25) is 0 Å². The number of nitrogens with zero attached hydrogens (tertiary/aromatic N) is 1. The number of guanidine groups is 1. The molecule has 2 rings (SSSR count). The fourth-order valence-corrected chi connectivity index (χ4v) is 2.64. The van der Waals surface area contributed by atoms with E-state index in [4.69, 9.17) is 9.47 Å². The highest BCUT2D eigenvalue weighted by atomic mass is 127. The molecule has 0 unspecified atom stereocenters. The van der Waals surface area contributed by atoms with Crippen molar-refractivity contribution in [1.29, 1.82) is 0 Å². The van der Waals surface area contributed by atoms with Gasteiger partial charge in [-0.2, -0.15) is 11.3 Å². The molecular weight excluding hydrogens is 437 g/mol. The molecule has 0 saturated carbocycles. The van der Waals surface area contributed by atoms with E-state index in [0.717, 1.165) is 23.8 Å². The van der Waals surface area contributed by atoms with Gasteiger partial charge >= 0.3 is 0 Å². The Balaban J connectivity index is 0.00000288. The Kier molecular flexibility index (Phi) is 10.4. The lowest BCUT2D eigenvalue weighted by molar-refractivity contribution is 0.146. The zero-order valence-corrected chi connectivity index (χ0v) is 17.1. The van der Waals surface area contributed by atoms with Crippen molar-refractivity contribution < 1.29 is 9.47 Å². The van der Waals surface area contributed by atoms with Crippen molar-refractivity contribution in [2.45, 2.75) is 13.1 Å². The SMILES string of the molecule is CN=C(NCc1ccsc1)NCc1cccc(OCCOC)c1.I. The molecule has 1 aromatic carbocycles. The number of rotatable bonds is 8. The summed E-state index contributed by atoms with van der Waals surface area (Å²) in [6.07, 6.45) is 0. The molecule has 0 atom stereocenters. The number of halogens is 1. The van der Waals surface area contributed by atoms with Crippen LogP contribution in [0.3, 0.4) is 0 Å². The van der Waals surface area contributed by atoms with E-state index >= 15 is 0 Å². The minimum Gasteiger partial charge on any atom is -0.491 e. The quantitative estimate of drug-likeness (QED) is 0.274. The monoisotopic (exact) mass is 461 g/mol. The van der Waals surface area contributed by atoms with Crippen LogP contribution in [0, 0.1) is 0 Å². The van der Waals surface area contributed by atoms with Gasteiger partial charge in [0, 0.05) is 27.2 Å². The largest absolute Gasteiger partial charge is 0.491 e. The smallest absolute Gasteiger partial charge is 0.191 e. The van der Waals surface area contributed by atoms with Gasteiger partial charge in [0.1, 0.15) is 12.4 Å². The minimum absolute atomic E-state index is 0. The molecule has 0 fully saturated rings. The number of thiophene rings is 1. The van der Waals surface area contributed by atoms with Crippen LogP contribution in [-0.2, 0) is 17.8 Å². The van der Waals surface area contributed by atoms with Crippen LogP contribution < -0.4 is 15.4 Å². The standard InChI is InChI=1S/C17H23N3O2S.HI/c1-18-17(20-12-15-6-9-23-13-15)19-11-14-4-3-5-16(10-14)22-8-7-21-2;/h3-6,9-10,13H,7-8,11-12H2,1-2H3,(H2,18,19,20);1H. The predicted octanol–water partition coefficient (Wildman–Crippen LogP) is 3.26. The maximum Gasteiger partial charge on any atom is 0.191 e. The Labute approximate surface area is 164 Å². The molecular formula is C17H24IN3O2S. The van der Waals surface area contributed by atoms with Crippen LogP contribution in [0.15, 0.2) is 46.1 Å². The van der Waals surface area contributed by atoms with Crippen molar-refractivity contribution in [2.24, 2.45) is 4.99 Å². The predicted molar refractivity (Wildman–Crippen MR) is 111 cm³/mol. The summed E-state index contributed by atoms with van der Waals surface area (Å²) in [6.45, 7) is 2.59. The number of aliphatic imine (C=N–C) groups is 1. The van der Waals surface area contributed by atoms with Gasteiger partial charge in [-0.1, -0.05) is 12.1 Å². The summed E-state index contributed by atoms with van der Waals surface area (Å²) >= 11 is 1.70. The molecule has 24 heavy (non-hydrogen) atoms. The van der Waals surface area contributed by atoms with Crippen molar-refractivity contribution in [3.8, 4) is 5.75 Å². The van der Waals surface area contributed by atoms with Gasteiger partial charge in [-0.25, -0.2) is 0 Å². The fraction of sp³-hybridized carbons (Fsp3) is 0.353. The van der Waals surface area contributed by atoms with Crippen LogP contribution >= 0.6 is 35.3 Å².